The Kier molecular flexibility index (Phi) is 3.81. The molecule has 0 saturated carbocycles. The van der Waals surface area contributed by atoms with Crippen LogP contribution in [0.1, 0.15) is 30.2 Å². The predicted octanol–water partition coefficient (Wildman–Crippen LogP) is 3.92. The lowest BCUT2D eigenvalue weighted by Crippen LogP contribution is -2.11. The summed E-state index contributed by atoms with van der Waals surface area (Å²) in [6, 6.07) is 12.6. The number of nitrogens with one attached hydrogen (secondary N) is 1. The Labute approximate surface area is 132 Å². The topological polar surface area (TPSA) is 59.8 Å². The summed E-state index contributed by atoms with van der Waals surface area (Å²) < 4.78 is 1.83. The smallest absolute Gasteiger partial charge is 0.255 e. The summed E-state index contributed by atoms with van der Waals surface area (Å²) in [7, 11) is 0. The van der Waals surface area contributed by atoms with Gasteiger partial charge in [0.25, 0.3) is 5.91 Å². The third kappa shape index (κ3) is 2.80. The van der Waals surface area contributed by atoms with Crippen molar-refractivity contribution >= 4 is 34.2 Å². The molecule has 0 atom stereocenters. The Hall–Kier alpha value is -2.40. The average Bonchev–Trinajstić information content (AvgIpc) is 2.90. The van der Waals surface area contributed by atoms with Crippen molar-refractivity contribution in [1.82, 2.24) is 15.0 Å². The van der Waals surface area contributed by atoms with Crippen LogP contribution in [0.5, 0.6) is 0 Å². The first-order valence-electron chi connectivity index (χ1n) is 6.96. The molecule has 3 rings (SSSR count). The van der Waals surface area contributed by atoms with Crippen molar-refractivity contribution < 1.29 is 4.79 Å². The number of fused-ring (bicyclic) bond motifs is 1. The van der Waals surface area contributed by atoms with E-state index in [0.717, 1.165) is 5.52 Å². The first-order chi connectivity index (χ1) is 10.5. The monoisotopic (exact) mass is 314 g/mol. The number of anilines is 1. The number of hydrogen-bond donors (Lipinski definition) is 1. The van der Waals surface area contributed by atoms with E-state index < -0.39 is 0 Å². The number of amides is 1. The lowest BCUT2D eigenvalue weighted by Gasteiger charge is -2.07. The van der Waals surface area contributed by atoms with Gasteiger partial charge in [0.2, 0.25) is 0 Å². The first kappa shape index (κ1) is 14.5. The van der Waals surface area contributed by atoms with Crippen LogP contribution >= 0.6 is 11.6 Å². The van der Waals surface area contributed by atoms with Gasteiger partial charge in [0.15, 0.2) is 0 Å². The molecule has 1 heterocycles. The van der Waals surface area contributed by atoms with Gasteiger partial charge in [0.05, 0.1) is 5.52 Å². The highest BCUT2D eigenvalue weighted by Crippen LogP contribution is 2.19. The molecule has 0 bridgehead atoms. The van der Waals surface area contributed by atoms with Gasteiger partial charge in [-0.05, 0) is 50.2 Å². The maximum atomic E-state index is 12.3. The molecule has 0 fully saturated rings. The van der Waals surface area contributed by atoms with E-state index in [1.165, 1.54) is 0 Å². The van der Waals surface area contributed by atoms with Crippen LogP contribution in [0.4, 0.5) is 5.69 Å². The fourth-order valence-electron chi connectivity index (χ4n) is 2.23. The van der Waals surface area contributed by atoms with E-state index in [1.54, 1.807) is 36.4 Å². The van der Waals surface area contributed by atoms with Gasteiger partial charge in [-0.3, -0.25) is 4.79 Å². The van der Waals surface area contributed by atoms with Crippen LogP contribution in [0.15, 0.2) is 42.5 Å². The second kappa shape index (κ2) is 5.77. The van der Waals surface area contributed by atoms with Crippen LogP contribution < -0.4 is 5.32 Å². The molecule has 22 heavy (non-hydrogen) atoms. The van der Waals surface area contributed by atoms with Crippen molar-refractivity contribution in [2.75, 3.05) is 5.32 Å². The van der Waals surface area contributed by atoms with Crippen LogP contribution in [-0.2, 0) is 0 Å². The number of nitrogens with zero attached hydrogens (tertiary/aromatic N) is 3. The van der Waals surface area contributed by atoms with Crippen molar-refractivity contribution in [3.63, 3.8) is 0 Å². The number of carbonyl (C=O) groups is 1. The van der Waals surface area contributed by atoms with Gasteiger partial charge in [-0.1, -0.05) is 22.9 Å². The fraction of sp³-hybridized carbons (Fsp3) is 0.188. The van der Waals surface area contributed by atoms with Gasteiger partial charge in [0.1, 0.15) is 5.52 Å². The standard InChI is InChI=1S/C16H15ClN4O/c1-10(2)21-15-7-6-11(8-14(15)19-20-21)16(22)18-13-5-3-4-12(17)9-13/h3-10H,1-2H3,(H,18,22). The van der Waals surface area contributed by atoms with Gasteiger partial charge < -0.3 is 5.32 Å². The molecule has 2 aromatic carbocycles. The summed E-state index contributed by atoms with van der Waals surface area (Å²) in [6.45, 7) is 4.07. The Morgan fingerprint density at radius 3 is 2.77 bits per heavy atom. The van der Waals surface area contributed by atoms with Crippen molar-refractivity contribution in [2.24, 2.45) is 0 Å². The quantitative estimate of drug-likeness (QED) is 0.797. The summed E-state index contributed by atoms with van der Waals surface area (Å²) >= 11 is 5.91. The van der Waals surface area contributed by atoms with E-state index in [2.05, 4.69) is 15.6 Å². The van der Waals surface area contributed by atoms with E-state index in [1.807, 2.05) is 24.6 Å². The minimum Gasteiger partial charge on any atom is -0.322 e. The van der Waals surface area contributed by atoms with Crippen LogP contribution in [0.2, 0.25) is 5.02 Å². The zero-order chi connectivity index (χ0) is 15.7. The van der Waals surface area contributed by atoms with Crippen LogP contribution in [-0.4, -0.2) is 20.9 Å². The minimum absolute atomic E-state index is 0.205. The highest BCUT2D eigenvalue weighted by Gasteiger charge is 2.12. The molecule has 1 amide bonds. The second-order valence-corrected chi connectivity index (χ2v) is 5.73. The first-order valence-corrected chi connectivity index (χ1v) is 7.34. The molecule has 0 aliphatic carbocycles. The number of halogens is 1. The number of hydrogen-bond acceptors (Lipinski definition) is 3. The van der Waals surface area contributed by atoms with E-state index in [9.17, 15) is 4.79 Å². The van der Waals surface area contributed by atoms with Crippen LogP contribution in [0.3, 0.4) is 0 Å². The maximum Gasteiger partial charge on any atom is 0.255 e. The van der Waals surface area contributed by atoms with Gasteiger partial charge in [0, 0.05) is 22.3 Å². The number of aromatic nitrogens is 3. The minimum atomic E-state index is -0.205. The Morgan fingerprint density at radius 1 is 1.23 bits per heavy atom. The van der Waals surface area contributed by atoms with E-state index in [4.69, 9.17) is 11.6 Å². The SMILES string of the molecule is CC(C)n1nnc2cc(C(=O)Nc3cccc(Cl)c3)ccc21. The molecule has 3 aromatic rings. The molecule has 112 valence electrons. The van der Waals surface area contributed by atoms with Crippen LogP contribution in [0.25, 0.3) is 11.0 Å². The molecule has 0 saturated heterocycles. The number of benzene rings is 2. The van der Waals surface area contributed by atoms with Crippen LogP contribution in [0, 0.1) is 0 Å². The van der Waals surface area contributed by atoms with Crippen molar-refractivity contribution in [1.29, 1.82) is 0 Å². The Bertz CT molecular complexity index is 841. The molecule has 6 heteroatoms. The maximum absolute atomic E-state index is 12.3. The normalized spacial score (nSPS) is 11.1. The molecule has 0 unspecified atom stereocenters. The summed E-state index contributed by atoms with van der Waals surface area (Å²) in [4.78, 5) is 12.3. The van der Waals surface area contributed by atoms with E-state index >= 15 is 0 Å². The Balaban J connectivity index is 1.88. The molecule has 0 radical (unpaired) electrons. The lowest BCUT2D eigenvalue weighted by atomic mass is 10.1. The van der Waals surface area contributed by atoms with Crippen molar-refractivity contribution in [3.05, 3.63) is 53.1 Å². The van der Waals surface area contributed by atoms with Gasteiger partial charge in [-0.2, -0.15) is 0 Å². The summed E-state index contributed by atoms with van der Waals surface area (Å²) in [6.07, 6.45) is 0. The summed E-state index contributed by atoms with van der Waals surface area (Å²) in [5.41, 5.74) is 2.80. The molecular weight excluding hydrogens is 300 g/mol. The van der Waals surface area contributed by atoms with Gasteiger partial charge in [-0.15, -0.1) is 5.10 Å². The third-order valence-electron chi connectivity index (χ3n) is 3.30. The average molecular weight is 315 g/mol. The van der Waals surface area contributed by atoms with Crippen molar-refractivity contribution in [3.8, 4) is 0 Å². The lowest BCUT2D eigenvalue weighted by molar-refractivity contribution is 0.102. The molecular formula is C16H15ClN4O. The molecule has 0 aliphatic rings. The van der Waals surface area contributed by atoms with Gasteiger partial charge in [-0.25, -0.2) is 4.68 Å². The molecule has 1 N–H and O–H groups in total. The summed E-state index contributed by atoms with van der Waals surface area (Å²) in [5, 5.41) is 11.6. The molecule has 0 spiro atoms. The number of rotatable bonds is 3. The molecule has 5 nitrogen and oxygen atoms in total. The number of carbonyl (C=O) groups excluding carboxylic acids is 1. The highest BCUT2D eigenvalue weighted by molar-refractivity contribution is 6.31. The van der Waals surface area contributed by atoms with Gasteiger partial charge >= 0.3 is 0 Å². The summed E-state index contributed by atoms with van der Waals surface area (Å²) in [5.74, 6) is -0.205. The predicted molar refractivity (Wildman–Crippen MR) is 87.3 cm³/mol. The zero-order valence-corrected chi connectivity index (χ0v) is 13.0. The van der Waals surface area contributed by atoms with Crippen molar-refractivity contribution in [2.45, 2.75) is 19.9 Å². The van der Waals surface area contributed by atoms with E-state index in [0.29, 0.717) is 21.8 Å². The molecule has 1 aromatic heterocycles. The molecule has 0 aliphatic heterocycles. The highest BCUT2D eigenvalue weighted by atomic mass is 35.5. The largest absolute Gasteiger partial charge is 0.322 e. The zero-order valence-electron chi connectivity index (χ0n) is 12.2. The fourth-order valence-corrected chi connectivity index (χ4v) is 2.42. The second-order valence-electron chi connectivity index (χ2n) is 5.30. The Morgan fingerprint density at radius 2 is 2.05 bits per heavy atom. The third-order valence-corrected chi connectivity index (χ3v) is 3.54. The van der Waals surface area contributed by atoms with E-state index in [-0.39, 0.29) is 11.9 Å².